The predicted octanol–water partition coefficient (Wildman–Crippen LogP) is 2.75. The van der Waals surface area contributed by atoms with Crippen LogP contribution in [0.3, 0.4) is 0 Å². The third-order valence-electron chi connectivity index (χ3n) is 2.74. The van der Waals surface area contributed by atoms with Crippen molar-refractivity contribution >= 4 is 27.5 Å². The van der Waals surface area contributed by atoms with Gasteiger partial charge in [-0.3, -0.25) is 4.79 Å². The van der Waals surface area contributed by atoms with Crippen molar-refractivity contribution in [2.24, 2.45) is 0 Å². The number of carbonyl (C=O) groups is 1. The van der Waals surface area contributed by atoms with Crippen molar-refractivity contribution in [3.05, 3.63) is 29.8 Å². The highest BCUT2D eigenvalue weighted by atomic mass is 79.9. The molecule has 80 valence electrons. The van der Waals surface area contributed by atoms with Crippen LogP contribution < -0.4 is 4.90 Å². The number of nitrogens with zero attached hydrogens (tertiary/aromatic N) is 1. The molecule has 2 rings (SSSR count). The summed E-state index contributed by atoms with van der Waals surface area (Å²) < 4.78 is 0. The predicted molar refractivity (Wildman–Crippen MR) is 65.5 cm³/mol. The Labute approximate surface area is 98.4 Å². The number of rotatable bonds is 2. The molecule has 0 aliphatic carbocycles. The lowest BCUT2D eigenvalue weighted by Crippen LogP contribution is -2.25. The highest BCUT2D eigenvalue weighted by Crippen LogP contribution is 2.28. The number of halogens is 1. The lowest BCUT2D eigenvalue weighted by Gasteiger charge is -2.19. The molecular formula is C12H14BrNO. The van der Waals surface area contributed by atoms with Crippen molar-refractivity contribution in [3.63, 3.8) is 0 Å². The Hall–Kier alpha value is -0.830. The minimum atomic E-state index is 0.220. The van der Waals surface area contributed by atoms with Crippen LogP contribution in [0.25, 0.3) is 0 Å². The summed E-state index contributed by atoms with van der Waals surface area (Å²) in [6.07, 6.45) is 1.57. The van der Waals surface area contributed by atoms with Gasteiger partial charge in [-0.1, -0.05) is 41.1 Å². The van der Waals surface area contributed by atoms with Crippen molar-refractivity contribution in [1.82, 2.24) is 0 Å². The summed E-state index contributed by atoms with van der Waals surface area (Å²) >= 11 is 3.50. The van der Waals surface area contributed by atoms with Crippen LogP contribution in [0.4, 0.5) is 5.69 Å². The van der Waals surface area contributed by atoms with E-state index in [1.165, 1.54) is 5.56 Å². The van der Waals surface area contributed by atoms with Gasteiger partial charge in [-0.25, -0.2) is 0 Å². The molecule has 1 aromatic carbocycles. The molecule has 1 fully saturated rings. The third kappa shape index (κ3) is 2.07. The summed E-state index contributed by atoms with van der Waals surface area (Å²) in [7, 11) is 0. The molecule has 15 heavy (non-hydrogen) atoms. The van der Waals surface area contributed by atoms with Crippen LogP contribution in [-0.4, -0.2) is 17.3 Å². The molecule has 3 heteroatoms. The molecule has 0 aromatic heterocycles. The summed E-state index contributed by atoms with van der Waals surface area (Å²) in [5.74, 6) is 0.220. The fraction of sp³-hybridized carbons (Fsp3) is 0.417. The first-order valence-corrected chi connectivity index (χ1v) is 6.16. The lowest BCUT2D eigenvalue weighted by molar-refractivity contribution is -0.117. The first-order chi connectivity index (χ1) is 7.22. The average molecular weight is 268 g/mol. The Kier molecular flexibility index (Phi) is 3.10. The highest BCUT2D eigenvalue weighted by molar-refractivity contribution is 9.09. The van der Waals surface area contributed by atoms with Crippen molar-refractivity contribution in [2.75, 3.05) is 11.4 Å². The normalized spacial score (nSPS) is 21.1. The van der Waals surface area contributed by atoms with Crippen molar-refractivity contribution in [2.45, 2.75) is 24.6 Å². The zero-order chi connectivity index (χ0) is 10.8. The summed E-state index contributed by atoms with van der Waals surface area (Å²) in [5, 5.41) is 0. The van der Waals surface area contributed by atoms with Gasteiger partial charge >= 0.3 is 0 Å². The quantitative estimate of drug-likeness (QED) is 0.755. The molecule has 0 saturated carbocycles. The van der Waals surface area contributed by atoms with Gasteiger partial charge in [0.15, 0.2) is 0 Å². The van der Waals surface area contributed by atoms with Crippen LogP contribution >= 0.6 is 15.9 Å². The van der Waals surface area contributed by atoms with Gasteiger partial charge in [0.1, 0.15) is 0 Å². The van der Waals surface area contributed by atoms with Crippen LogP contribution in [0.15, 0.2) is 24.3 Å². The number of aryl methyl sites for hydroxylation is 1. The van der Waals surface area contributed by atoms with E-state index in [9.17, 15) is 4.79 Å². The van der Waals surface area contributed by atoms with Gasteiger partial charge in [-0.2, -0.15) is 0 Å². The Balaban J connectivity index is 2.33. The molecule has 0 N–H and O–H groups in total. The summed E-state index contributed by atoms with van der Waals surface area (Å²) in [6.45, 7) is 2.90. The SMILES string of the molecule is CCc1ccccc1N1CC(Br)CC1=O. The van der Waals surface area contributed by atoms with Gasteiger partial charge in [0.25, 0.3) is 0 Å². The Morgan fingerprint density at radius 1 is 1.47 bits per heavy atom. The maximum Gasteiger partial charge on any atom is 0.228 e. The molecule has 0 radical (unpaired) electrons. The second-order valence-corrected chi connectivity index (χ2v) is 5.08. The number of carbonyl (C=O) groups excluding carboxylic acids is 1. The molecule has 0 bridgehead atoms. The van der Waals surface area contributed by atoms with Crippen LogP contribution in [0.2, 0.25) is 0 Å². The molecule has 1 aliphatic rings. The maximum atomic E-state index is 11.7. The van der Waals surface area contributed by atoms with Gasteiger partial charge in [0, 0.05) is 23.5 Å². The van der Waals surface area contributed by atoms with Gasteiger partial charge in [0.05, 0.1) is 0 Å². The first-order valence-electron chi connectivity index (χ1n) is 5.24. The Morgan fingerprint density at radius 2 is 2.20 bits per heavy atom. The van der Waals surface area contributed by atoms with E-state index in [4.69, 9.17) is 0 Å². The molecular weight excluding hydrogens is 254 g/mol. The van der Waals surface area contributed by atoms with E-state index in [0.29, 0.717) is 11.2 Å². The Morgan fingerprint density at radius 3 is 2.80 bits per heavy atom. The van der Waals surface area contributed by atoms with Crippen LogP contribution in [-0.2, 0) is 11.2 Å². The zero-order valence-corrected chi connectivity index (χ0v) is 10.3. The van der Waals surface area contributed by atoms with Crippen molar-refractivity contribution in [1.29, 1.82) is 0 Å². The van der Waals surface area contributed by atoms with E-state index >= 15 is 0 Å². The minimum Gasteiger partial charge on any atom is -0.311 e. The fourth-order valence-corrected chi connectivity index (χ4v) is 2.54. The lowest BCUT2D eigenvalue weighted by atomic mass is 10.1. The summed E-state index contributed by atoms with van der Waals surface area (Å²) in [4.78, 5) is 13.9. The average Bonchev–Trinajstić information content (AvgIpc) is 2.57. The number of amides is 1. The monoisotopic (exact) mass is 267 g/mol. The topological polar surface area (TPSA) is 20.3 Å². The third-order valence-corrected chi connectivity index (χ3v) is 3.35. The molecule has 1 atom stereocenters. The second-order valence-electron chi connectivity index (χ2n) is 3.79. The Bertz CT molecular complexity index is 378. The number of hydrogen-bond acceptors (Lipinski definition) is 1. The summed E-state index contributed by atoms with van der Waals surface area (Å²) in [5.41, 5.74) is 2.32. The molecule has 1 unspecified atom stereocenters. The minimum absolute atomic E-state index is 0.220. The van der Waals surface area contributed by atoms with Gasteiger partial charge in [-0.15, -0.1) is 0 Å². The maximum absolute atomic E-state index is 11.7. The largest absolute Gasteiger partial charge is 0.311 e. The molecule has 1 aromatic rings. The van der Waals surface area contributed by atoms with E-state index in [1.54, 1.807) is 0 Å². The smallest absolute Gasteiger partial charge is 0.228 e. The molecule has 1 aliphatic heterocycles. The highest BCUT2D eigenvalue weighted by Gasteiger charge is 2.29. The number of para-hydroxylation sites is 1. The van der Waals surface area contributed by atoms with Crippen LogP contribution in [0.1, 0.15) is 18.9 Å². The molecule has 1 amide bonds. The summed E-state index contributed by atoms with van der Waals surface area (Å²) in [6, 6.07) is 8.13. The molecule has 0 spiro atoms. The number of anilines is 1. The van der Waals surface area contributed by atoms with Gasteiger partial charge in [0.2, 0.25) is 5.91 Å². The molecule has 1 saturated heterocycles. The van der Waals surface area contributed by atoms with E-state index in [0.717, 1.165) is 18.7 Å². The van der Waals surface area contributed by atoms with E-state index in [-0.39, 0.29) is 5.91 Å². The number of alkyl halides is 1. The second kappa shape index (κ2) is 4.35. The fourth-order valence-electron chi connectivity index (χ4n) is 1.97. The van der Waals surface area contributed by atoms with E-state index < -0.39 is 0 Å². The van der Waals surface area contributed by atoms with Crippen LogP contribution in [0, 0.1) is 0 Å². The molecule has 2 nitrogen and oxygen atoms in total. The van der Waals surface area contributed by atoms with Gasteiger partial charge in [-0.05, 0) is 18.1 Å². The van der Waals surface area contributed by atoms with Gasteiger partial charge < -0.3 is 4.90 Å². The standard InChI is InChI=1S/C12H14BrNO/c1-2-9-5-3-4-6-11(9)14-8-10(13)7-12(14)15/h3-6,10H,2,7-8H2,1H3. The van der Waals surface area contributed by atoms with Crippen LogP contribution in [0.5, 0.6) is 0 Å². The first kappa shape index (κ1) is 10.7. The van der Waals surface area contributed by atoms with Crippen molar-refractivity contribution in [3.8, 4) is 0 Å². The zero-order valence-electron chi connectivity index (χ0n) is 8.74. The number of benzene rings is 1. The molecule has 1 heterocycles. The van der Waals surface area contributed by atoms with Crippen molar-refractivity contribution < 1.29 is 4.79 Å². The number of hydrogen-bond donors (Lipinski definition) is 0. The van der Waals surface area contributed by atoms with E-state index in [2.05, 4.69) is 28.9 Å². The van der Waals surface area contributed by atoms with E-state index in [1.807, 2.05) is 23.1 Å².